The number of aryl methyl sites for hydroxylation is 1. The average molecular weight is 253 g/mol. The molecule has 0 spiro atoms. The maximum absolute atomic E-state index is 10.5. The van der Waals surface area contributed by atoms with E-state index in [-0.39, 0.29) is 0 Å². The Balaban J connectivity index is 2.46. The summed E-state index contributed by atoms with van der Waals surface area (Å²) < 4.78 is 0.697. The number of rotatable bonds is 2. The molecule has 0 saturated carbocycles. The first-order valence-corrected chi connectivity index (χ1v) is 6.25. The fourth-order valence-electron chi connectivity index (χ4n) is 1.67. The van der Waals surface area contributed by atoms with Crippen molar-refractivity contribution in [2.75, 3.05) is 0 Å². The van der Waals surface area contributed by atoms with E-state index in [2.05, 4.69) is 0 Å². The van der Waals surface area contributed by atoms with Crippen molar-refractivity contribution < 1.29 is 5.11 Å². The van der Waals surface area contributed by atoms with Crippen molar-refractivity contribution >= 4 is 22.9 Å². The van der Waals surface area contributed by atoms with Gasteiger partial charge in [0.25, 0.3) is 0 Å². The van der Waals surface area contributed by atoms with Crippen LogP contribution in [0.25, 0.3) is 0 Å². The molecule has 1 heterocycles. The molecule has 0 radical (unpaired) electrons. The maximum Gasteiger partial charge on any atom is 0.121 e. The molecular formula is C13H13ClOS. The first-order chi connectivity index (χ1) is 7.50. The zero-order valence-electron chi connectivity index (χ0n) is 9.20. The summed E-state index contributed by atoms with van der Waals surface area (Å²) in [5.74, 6) is 0. The molecule has 0 aliphatic heterocycles. The molecule has 0 fully saturated rings. The summed E-state index contributed by atoms with van der Waals surface area (Å²) in [4.78, 5) is 0.864. The molecule has 0 aliphatic rings. The SMILES string of the molecule is Cc1cccc(C(C)(O)c2ccc(Cl)s2)c1. The Morgan fingerprint density at radius 1 is 1.25 bits per heavy atom. The normalized spacial score (nSPS) is 14.8. The lowest BCUT2D eigenvalue weighted by Crippen LogP contribution is -2.21. The van der Waals surface area contributed by atoms with Gasteiger partial charge in [-0.1, -0.05) is 41.4 Å². The van der Waals surface area contributed by atoms with Crippen molar-refractivity contribution in [3.63, 3.8) is 0 Å². The van der Waals surface area contributed by atoms with Crippen molar-refractivity contribution in [1.29, 1.82) is 0 Å². The predicted octanol–water partition coefficient (Wildman–Crippen LogP) is 3.97. The summed E-state index contributed by atoms with van der Waals surface area (Å²) in [6.07, 6.45) is 0. The molecular weight excluding hydrogens is 240 g/mol. The Kier molecular flexibility index (Phi) is 3.06. The van der Waals surface area contributed by atoms with Crippen LogP contribution in [0.4, 0.5) is 0 Å². The molecule has 1 atom stereocenters. The van der Waals surface area contributed by atoms with Gasteiger partial charge in [0.2, 0.25) is 0 Å². The molecule has 1 aromatic heterocycles. The predicted molar refractivity (Wildman–Crippen MR) is 69.2 cm³/mol. The Bertz CT molecular complexity index is 502. The molecule has 0 saturated heterocycles. The topological polar surface area (TPSA) is 20.2 Å². The van der Waals surface area contributed by atoms with Crippen LogP contribution in [-0.4, -0.2) is 5.11 Å². The van der Waals surface area contributed by atoms with Crippen LogP contribution < -0.4 is 0 Å². The van der Waals surface area contributed by atoms with Gasteiger partial charge in [-0.3, -0.25) is 0 Å². The van der Waals surface area contributed by atoms with E-state index < -0.39 is 5.60 Å². The highest BCUT2D eigenvalue weighted by Gasteiger charge is 2.27. The number of halogens is 1. The highest BCUT2D eigenvalue weighted by atomic mass is 35.5. The monoisotopic (exact) mass is 252 g/mol. The third-order valence-electron chi connectivity index (χ3n) is 2.63. The van der Waals surface area contributed by atoms with E-state index in [9.17, 15) is 5.11 Å². The number of thiophene rings is 1. The summed E-state index contributed by atoms with van der Waals surface area (Å²) >= 11 is 7.30. The Labute approximate surface area is 104 Å². The van der Waals surface area contributed by atoms with E-state index in [0.717, 1.165) is 16.0 Å². The first-order valence-electron chi connectivity index (χ1n) is 5.05. The molecule has 84 valence electrons. The summed E-state index contributed by atoms with van der Waals surface area (Å²) in [6.45, 7) is 3.81. The second kappa shape index (κ2) is 4.21. The fraction of sp³-hybridized carbons (Fsp3) is 0.231. The van der Waals surface area contributed by atoms with Gasteiger partial charge in [0.05, 0.1) is 4.34 Å². The van der Waals surface area contributed by atoms with Crippen LogP contribution in [0.2, 0.25) is 4.34 Å². The van der Waals surface area contributed by atoms with Gasteiger partial charge in [0.15, 0.2) is 0 Å². The Morgan fingerprint density at radius 3 is 2.56 bits per heavy atom. The summed E-state index contributed by atoms with van der Waals surface area (Å²) in [6, 6.07) is 11.6. The van der Waals surface area contributed by atoms with Gasteiger partial charge in [-0.15, -0.1) is 11.3 Å². The molecule has 2 rings (SSSR count). The van der Waals surface area contributed by atoms with Crippen LogP contribution in [0.5, 0.6) is 0 Å². The molecule has 0 bridgehead atoms. The van der Waals surface area contributed by atoms with E-state index in [4.69, 9.17) is 11.6 Å². The maximum atomic E-state index is 10.5. The second-order valence-corrected chi connectivity index (χ2v) is 5.76. The third kappa shape index (κ3) is 2.14. The van der Waals surface area contributed by atoms with Gasteiger partial charge in [-0.25, -0.2) is 0 Å². The second-order valence-electron chi connectivity index (χ2n) is 4.05. The van der Waals surface area contributed by atoms with E-state index in [1.807, 2.05) is 43.3 Å². The van der Waals surface area contributed by atoms with Gasteiger partial charge >= 0.3 is 0 Å². The van der Waals surface area contributed by atoms with Gasteiger partial charge in [0.1, 0.15) is 5.60 Å². The van der Waals surface area contributed by atoms with Gasteiger partial charge in [-0.2, -0.15) is 0 Å². The molecule has 0 amide bonds. The molecule has 0 aliphatic carbocycles. The van der Waals surface area contributed by atoms with E-state index in [0.29, 0.717) is 4.34 Å². The van der Waals surface area contributed by atoms with Crippen molar-refractivity contribution in [2.45, 2.75) is 19.4 Å². The summed E-state index contributed by atoms with van der Waals surface area (Å²) in [5.41, 5.74) is 1.07. The van der Waals surface area contributed by atoms with Gasteiger partial charge in [0, 0.05) is 4.88 Å². The molecule has 1 nitrogen and oxygen atoms in total. The van der Waals surface area contributed by atoms with Crippen LogP contribution in [0.3, 0.4) is 0 Å². The van der Waals surface area contributed by atoms with Crippen LogP contribution in [0.15, 0.2) is 36.4 Å². The Hall–Kier alpha value is -0.830. The lowest BCUT2D eigenvalue weighted by molar-refractivity contribution is 0.106. The Morgan fingerprint density at radius 2 is 2.00 bits per heavy atom. The van der Waals surface area contributed by atoms with Crippen LogP contribution in [-0.2, 0) is 5.60 Å². The smallest absolute Gasteiger partial charge is 0.121 e. The molecule has 1 unspecified atom stereocenters. The minimum absolute atomic E-state index is 0.697. The summed E-state index contributed by atoms with van der Waals surface area (Å²) in [5, 5.41) is 10.5. The van der Waals surface area contributed by atoms with Crippen LogP contribution in [0.1, 0.15) is 22.9 Å². The minimum Gasteiger partial charge on any atom is -0.380 e. The largest absolute Gasteiger partial charge is 0.380 e. The van der Waals surface area contributed by atoms with Crippen molar-refractivity contribution in [3.8, 4) is 0 Å². The lowest BCUT2D eigenvalue weighted by atomic mass is 9.93. The third-order valence-corrected chi connectivity index (χ3v) is 4.08. The average Bonchev–Trinajstić information content (AvgIpc) is 2.65. The van der Waals surface area contributed by atoms with E-state index >= 15 is 0 Å². The highest BCUT2D eigenvalue weighted by Crippen LogP contribution is 2.35. The van der Waals surface area contributed by atoms with Gasteiger partial charge < -0.3 is 5.11 Å². The minimum atomic E-state index is -0.968. The fourth-order valence-corrected chi connectivity index (χ4v) is 2.78. The van der Waals surface area contributed by atoms with E-state index in [1.165, 1.54) is 11.3 Å². The first kappa shape index (κ1) is 11.6. The van der Waals surface area contributed by atoms with E-state index in [1.54, 1.807) is 6.92 Å². The molecule has 3 heteroatoms. The zero-order chi connectivity index (χ0) is 11.8. The molecule has 2 aromatic rings. The lowest BCUT2D eigenvalue weighted by Gasteiger charge is -2.22. The molecule has 1 N–H and O–H groups in total. The van der Waals surface area contributed by atoms with Crippen molar-refractivity contribution in [1.82, 2.24) is 0 Å². The zero-order valence-corrected chi connectivity index (χ0v) is 10.8. The van der Waals surface area contributed by atoms with Crippen LogP contribution in [0, 0.1) is 6.92 Å². The van der Waals surface area contributed by atoms with Crippen molar-refractivity contribution in [3.05, 3.63) is 56.7 Å². The molecule has 16 heavy (non-hydrogen) atoms. The number of hydrogen-bond acceptors (Lipinski definition) is 2. The number of hydrogen-bond donors (Lipinski definition) is 1. The van der Waals surface area contributed by atoms with Crippen molar-refractivity contribution in [2.24, 2.45) is 0 Å². The van der Waals surface area contributed by atoms with Gasteiger partial charge in [-0.05, 0) is 31.5 Å². The number of aliphatic hydroxyl groups is 1. The molecule has 1 aromatic carbocycles. The standard InChI is InChI=1S/C13H13ClOS/c1-9-4-3-5-10(8-9)13(2,15)11-6-7-12(14)16-11/h3-8,15H,1-2H3. The summed E-state index contributed by atoms with van der Waals surface area (Å²) in [7, 11) is 0. The van der Waals surface area contributed by atoms with Crippen LogP contribution >= 0.6 is 22.9 Å². The number of benzene rings is 1. The highest BCUT2D eigenvalue weighted by molar-refractivity contribution is 7.16. The quantitative estimate of drug-likeness (QED) is 0.858.